The summed E-state index contributed by atoms with van der Waals surface area (Å²) >= 11 is 11.8. The highest BCUT2D eigenvalue weighted by Crippen LogP contribution is 2.23. The van der Waals surface area contributed by atoms with Crippen LogP contribution >= 0.6 is 23.2 Å². The van der Waals surface area contributed by atoms with E-state index in [2.05, 4.69) is 0 Å². The quantitative estimate of drug-likeness (QED) is 0.774. The smallest absolute Gasteiger partial charge is 0.179 e. The van der Waals surface area contributed by atoms with Crippen LogP contribution in [-0.2, 0) is 15.5 Å². The molecule has 1 heterocycles. The van der Waals surface area contributed by atoms with E-state index in [-0.39, 0.29) is 11.9 Å². The molecule has 0 aromatic heterocycles. The Morgan fingerprint density at radius 1 is 1.50 bits per heavy atom. The summed E-state index contributed by atoms with van der Waals surface area (Å²) in [4.78, 5) is 12.3. The lowest BCUT2D eigenvalue weighted by Crippen LogP contribution is -2.29. The molecule has 1 aromatic rings. The Morgan fingerprint density at radius 2 is 2.25 bits per heavy atom. The van der Waals surface area contributed by atoms with E-state index in [4.69, 9.17) is 27.9 Å². The highest BCUT2D eigenvalue weighted by molar-refractivity contribution is 7.86. The van der Waals surface area contributed by atoms with Gasteiger partial charge in [-0.25, -0.2) is 0 Å². The Hall–Kier alpha value is -0.420. The number of hydrogen-bond acceptors (Lipinski definition) is 3. The molecule has 2 rings (SSSR count). The molecule has 6 heteroatoms. The highest BCUT2D eigenvalue weighted by atomic mass is 35.5. The van der Waals surface area contributed by atoms with Crippen LogP contribution in [0.15, 0.2) is 18.2 Å². The maximum atomic E-state index is 12.3. The van der Waals surface area contributed by atoms with E-state index in [1.54, 1.807) is 19.1 Å². The van der Waals surface area contributed by atoms with E-state index in [9.17, 15) is 9.00 Å². The standard InChI is InChI=1S/C14H16Cl2O3S/c1-9(20(18)8-11-3-2-6-19-11)14(17)12-5-4-10(15)7-13(12)16/h4-5,7,9,11H,2-3,6,8H2,1H3. The van der Waals surface area contributed by atoms with Crippen LogP contribution in [0.25, 0.3) is 0 Å². The third-order valence-electron chi connectivity index (χ3n) is 3.33. The predicted octanol–water partition coefficient (Wildman–Crippen LogP) is 3.49. The number of halogens is 2. The molecule has 1 saturated heterocycles. The van der Waals surface area contributed by atoms with E-state index in [1.807, 2.05) is 0 Å². The molecule has 1 fully saturated rings. The van der Waals surface area contributed by atoms with E-state index in [1.165, 1.54) is 6.07 Å². The maximum absolute atomic E-state index is 12.3. The Bertz CT molecular complexity index is 527. The van der Waals surface area contributed by atoms with Gasteiger partial charge in [0.25, 0.3) is 0 Å². The van der Waals surface area contributed by atoms with Gasteiger partial charge in [-0.3, -0.25) is 9.00 Å². The lowest BCUT2D eigenvalue weighted by Gasteiger charge is -2.14. The summed E-state index contributed by atoms with van der Waals surface area (Å²) in [6.45, 7) is 2.38. The molecule has 110 valence electrons. The molecule has 3 nitrogen and oxygen atoms in total. The number of hydrogen-bond donors (Lipinski definition) is 0. The van der Waals surface area contributed by atoms with Crippen LogP contribution in [0.1, 0.15) is 30.1 Å². The minimum absolute atomic E-state index is 0.00627. The van der Waals surface area contributed by atoms with Crippen molar-refractivity contribution in [2.75, 3.05) is 12.4 Å². The summed E-state index contributed by atoms with van der Waals surface area (Å²) in [5.74, 6) is 0.181. The van der Waals surface area contributed by atoms with Crippen molar-refractivity contribution < 1.29 is 13.7 Å². The number of rotatable bonds is 5. The zero-order valence-corrected chi connectivity index (χ0v) is 13.4. The largest absolute Gasteiger partial charge is 0.377 e. The Balaban J connectivity index is 2.05. The molecule has 3 atom stereocenters. The summed E-state index contributed by atoms with van der Waals surface area (Å²) in [7, 11) is -1.26. The average molecular weight is 335 g/mol. The molecule has 1 aliphatic heterocycles. The zero-order valence-electron chi connectivity index (χ0n) is 11.1. The number of benzene rings is 1. The van der Waals surface area contributed by atoms with Gasteiger partial charge in [-0.05, 0) is 38.0 Å². The van der Waals surface area contributed by atoms with Gasteiger partial charge in [0.1, 0.15) is 0 Å². The number of Topliss-reactive ketones (excluding diaryl/α,β-unsaturated/α-hetero) is 1. The van der Waals surface area contributed by atoms with Crippen molar-refractivity contribution in [3.63, 3.8) is 0 Å². The van der Waals surface area contributed by atoms with Crippen molar-refractivity contribution >= 4 is 39.8 Å². The van der Waals surface area contributed by atoms with Crippen molar-refractivity contribution in [2.45, 2.75) is 31.1 Å². The van der Waals surface area contributed by atoms with Crippen LogP contribution in [0.4, 0.5) is 0 Å². The van der Waals surface area contributed by atoms with Gasteiger partial charge in [-0.2, -0.15) is 0 Å². The first-order valence-electron chi connectivity index (χ1n) is 6.47. The van der Waals surface area contributed by atoms with E-state index >= 15 is 0 Å². The van der Waals surface area contributed by atoms with Crippen molar-refractivity contribution in [2.24, 2.45) is 0 Å². The fourth-order valence-corrected chi connectivity index (χ4v) is 3.92. The minimum atomic E-state index is -1.26. The molecule has 0 bridgehead atoms. The Morgan fingerprint density at radius 3 is 2.85 bits per heavy atom. The van der Waals surface area contributed by atoms with Crippen molar-refractivity contribution in [3.05, 3.63) is 33.8 Å². The Kier molecular flexibility index (Phi) is 5.61. The van der Waals surface area contributed by atoms with Gasteiger partial charge < -0.3 is 4.74 Å². The third-order valence-corrected chi connectivity index (χ3v) is 5.59. The van der Waals surface area contributed by atoms with Gasteiger partial charge in [-0.15, -0.1) is 0 Å². The first-order chi connectivity index (χ1) is 9.49. The average Bonchev–Trinajstić information content (AvgIpc) is 2.90. The summed E-state index contributed by atoms with van der Waals surface area (Å²) in [5, 5.41) is 0.168. The fourth-order valence-electron chi connectivity index (χ4n) is 2.13. The minimum Gasteiger partial charge on any atom is -0.377 e. The molecule has 0 saturated carbocycles. The number of carbonyl (C=O) groups excluding carboxylic acids is 1. The molecule has 1 aromatic carbocycles. The molecular formula is C14H16Cl2O3S. The van der Waals surface area contributed by atoms with Gasteiger partial charge in [0.2, 0.25) is 0 Å². The molecule has 0 N–H and O–H groups in total. The molecule has 20 heavy (non-hydrogen) atoms. The summed E-state index contributed by atoms with van der Waals surface area (Å²) < 4.78 is 17.7. The molecular weight excluding hydrogens is 319 g/mol. The fraction of sp³-hybridized carbons (Fsp3) is 0.500. The Labute approximate surface area is 131 Å². The summed E-state index contributed by atoms with van der Waals surface area (Å²) in [5.41, 5.74) is 0.365. The summed E-state index contributed by atoms with van der Waals surface area (Å²) in [6, 6.07) is 4.70. The zero-order chi connectivity index (χ0) is 14.7. The van der Waals surface area contributed by atoms with Gasteiger partial charge >= 0.3 is 0 Å². The normalized spacial score (nSPS) is 21.6. The van der Waals surface area contributed by atoms with Gasteiger partial charge in [0.15, 0.2) is 5.78 Å². The molecule has 1 aliphatic rings. The van der Waals surface area contributed by atoms with Crippen molar-refractivity contribution in [1.82, 2.24) is 0 Å². The lowest BCUT2D eigenvalue weighted by molar-refractivity contribution is 0.0992. The summed E-state index contributed by atoms with van der Waals surface area (Å²) in [6.07, 6.45) is 1.91. The van der Waals surface area contributed by atoms with Crippen LogP contribution in [0.2, 0.25) is 10.0 Å². The molecule has 0 spiro atoms. The molecule has 0 aliphatic carbocycles. The maximum Gasteiger partial charge on any atom is 0.179 e. The first-order valence-corrected chi connectivity index (χ1v) is 8.61. The van der Waals surface area contributed by atoms with Crippen LogP contribution in [0.5, 0.6) is 0 Å². The van der Waals surface area contributed by atoms with Crippen LogP contribution < -0.4 is 0 Å². The topological polar surface area (TPSA) is 43.4 Å². The number of ether oxygens (including phenoxy) is 1. The van der Waals surface area contributed by atoms with Gasteiger partial charge in [0.05, 0.1) is 22.1 Å². The molecule has 0 radical (unpaired) electrons. The second kappa shape index (κ2) is 7.03. The van der Waals surface area contributed by atoms with Crippen molar-refractivity contribution in [3.8, 4) is 0 Å². The van der Waals surface area contributed by atoms with E-state index < -0.39 is 16.0 Å². The number of ketones is 1. The number of carbonyl (C=O) groups is 1. The van der Waals surface area contributed by atoms with Crippen LogP contribution in [0, 0.1) is 0 Å². The second-order valence-electron chi connectivity index (χ2n) is 4.81. The van der Waals surface area contributed by atoms with Crippen LogP contribution in [0.3, 0.4) is 0 Å². The molecule has 3 unspecified atom stereocenters. The lowest BCUT2D eigenvalue weighted by atomic mass is 10.1. The first kappa shape index (κ1) is 16.0. The predicted molar refractivity (Wildman–Crippen MR) is 82.2 cm³/mol. The SMILES string of the molecule is CC(C(=O)c1ccc(Cl)cc1Cl)S(=O)CC1CCCO1. The van der Waals surface area contributed by atoms with Crippen LogP contribution in [-0.4, -0.2) is 33.7 Å². The highest BCUT2D eigenvalue weighted by Gasteiger charge is 2.27. The van der Waals surface area contributed by atoms with E-state index in [0.717, 1.165) is 12.8 Å². The van der Waals surface area contributed by atoms with Gasteiger partial charge in [-0.1, -0.05) is 23.2 Å². The monoisotopic (exact) mass is 334 g/mol. The molecule has 0 amide bonds. The van der Waals surface area contributed by atoms with E-state index in [0.29, 0.717) is 28.0 Å². The third kappa shape index (κ3) is 3.82. The van der Waals surface area contributed by atoms with Gasteiger partial charge in [0, 0.05) is 28.0 Å². The van der Waals surface area contributed by atoms with Crippen molar-refractivity contribution in [1.29, 1.82) is 0 Å². The second-order valence-corrected chi connectivity index (χ2v) is 7.46.